The Morgan fingerprint density at radius 1 is 1.36 bits per heavy atom. The van der Waals surface area contributed by atoms with Crippen LogP contribution in [0.5, 0.6) is 0 Å². The first kappa shape index (κ1) is 8.30. The molecule has 4 nitrogen and oxygen atoms in total. The minimum absolute atomic E-state index is 0.230. The van der Waals surface area contributed by atoms with E-state index in [2.05, 4.69) is 0 Å². The van der Waals surface area contributed by atoms with Gasteiger partial charge in [0.05, 0.1) is 12.1 Å². The van der Waals surface area contributed by atoms with Crippen molar-refractivity contribution in [2.24, 2.45) is 0 Å². The fourth-order valence-corrected chi connectivity index (χ4v) is 1.77. The number of piperidine rings is 1. The molecule has 0 aromatic rings. The lowest BCUT2D eigenvalue weighted by atomic mass is 10.00. The van der Waals surface area contributed by atoms with Gasteiger partial charge in [0.2, 0.25) is 0 Å². The van der Waals surface area contributed by atoms with E-state index in [0.717, 1.165) is 12.8 Å². The van der Waals surface area contributed by atoms with E-state index in [0.29, 0.717) is 0 Å². The molecule has 64 valence electrons. The number of hydrazine groups is 1. The van der Waals surface area contributed by atoms with Gasteiger partial charge in [-0.25, -0.2) is 0 Å². The maximum atomic E-state index is 10.7. The highest BCUT2D eigenvalue weighted by molar-refractivity contribution is 4.72. The van der Waals surface area contributed by atoms with Crippen LogP contribution in [0.4, 0.5) is 0 Å². The van der Waals surface area contributed by atoms with Gasteiger partial charge in [0.15, 0.2) is 0 Å². The largest absolute Gasteiger partial charge is 0.572 e. The molecular formula is C7H15N3O. The van der Waals surface area contributed by atoms with E-state index in [1.54, 1.807) is 5.01 Å². The van der Waals surface area contributed by atoms with Crippen molar-refractivity contribution in [1.82, 2.24) is 5.01 Å². The van der Waals surface area contributed by atoms with Crippen LogP contribution in [0.3, 0.4) is 0 Å². The zero-order valence-corrected chi connectivity index (χ0v) is 7.08. The van der Waals surface area contributed by atoms with Gasteiger partial charge < -0.3 is 5.21 Å². The molecule has 2 atom stereocenters. The molecule has 1 rings (SSSR count). The molecule has 0 saturated carbocycles. The quantitative estimate of drug-likeness (QED) is 0.358. The predicted molar refractivity (Wildman–Crippen MR) is 41.0 cm³/mol. The number of nitrogens with zero attached hydrogens (tertiary/aromatic N) is 2. The Morgan fingerprint density at radius 3 is 2.09 bits per heavy atom. The Labute approximate surface area is 66.8 Å². The molecule has 0 radical (unpaired) electrons. The Kier molecular flexibility index (Phi) is 2.31. The van der Waals surface area contributed by atoms with E-state index >= 15 is 0 Å². The number of nitrogens with one attached hydrogen (secondary N) is 1. The average molecular weight is 157 g/mol. The first-order valence-corrected chi connectivity index (χ1v) is 4.09. The molecule has 0 unspecified atom stereocenters. The monoisotopic (exact) mass is 157 g/mol. The van der Waals surface area contributed by atoms with Gasteiger partial charge >= 0.3 is 0 Å². The second-order valence-electron chi connectivity index (χ2n) is 3.28. The fourth-order valence-electron chi connectivity index (χ4n) is 1.77. The van der Waals surface area contributed by atoms with E-state index in [-0.39, 0.29) is 17.1 Å². The molecular weight excluding hydrogens is 142 g/mol. The highest BCUT2D eigenvalue weighted by Crippen LogP contribution is 2.21. The predicted octanol–water partition coefficient (Wildman–Crippen LogP) is 1.71. The summed E-state index contributed by atoms with van der Waals surface area (Å²) < 4.78 is 0. The van der Waals surface area contributed by atoms with Crippen LogP contribution in [0.2, 0.25) is 0 Å². The van der Waals surface area contributed by atoms with E-state index in [9.17, 15) is 5.21 Å². The number of hydrogen-bond acceptors (Lipinski definition) is 2. The summed E-state index contributed by atoms with van der Waals surface area (Å²) in [6, 6.07) is 0.461. The third-order valence-corrected chi connectivity index (χ3v) is 2.36. The van der Waals surface area contributed by atoms with Crippen molar-refractivity contribution in [3.8, 4) is 0 Å². The Bertz CT molecular complexity index is 150. The van der Waals surface area contributed by atoms with Crippen molar-refractivity contribution < 1.29 is 4.97 Å². The van der Waals surface area contributed by atoms with Crippen LogP contribution in [0.15, 0.2) is 0 Å². The first-order valence-electron chi connectivity index (χ1n) is 4.09. The smallest absolute Gasteiger partial charge is 0.0851 e. The van der Waals surface area contributed by atoms with Crippen LogP contribution >= 0.6 is 0 Å². The summed E-state index contributed by atoms with van der Waals surface area (Å²) in [7, 11) is 0. The zero-order valence-electron chi connectivity index (χ0n) is 7.08. The molecule has 1 aliphatic rings. The van der Waals surface area contributed by atoms with Crippen LogP contribution in [0, 0.1) is 10.7 Å². The van der Waals surface area contributed by atoms with Gasteiger partial charge in [-0.05, 0) is 38.6 Å². The fraction of sp³-hybridized carbons (Fsp3) is 1.00. The van der Waals surface area contributed by atoms with Crippen molar-refractivity contribution in [3.05, 3.63) is 5.21 Å². The maximum Gasteiger partial charge on any atom is 0.0851 e. The van der Waals surface area contributed by atoms with Crippen LogP contribution in [-0.4, -0.2) is 22.1 Å². The van der Waals surface area contributed by atoms with Gasteiger partial charge in [0.1, 0.15) is 0 Å². The first-order chi connectivity index (χ1) is 5.13. The van der Waals surface area contributed by atoms with Gasteiger partial charge in [-0.15, -0.1) is 5.01 Å². The lowest BCUT2D eigenvalue weighted by molar-refractivity contribution is -0.727. The van der Waals surface area contributed by atoms with Gasteiger partial charge in [-0.2, -0.15) is 0 Å². The van der Waals surface area contributed by atoms with Crippen LogP contribution in [-0.2, 0) is 0 Å². The van der Waals surface area contributed by atoms with E-state index in [1.807, 2.05) is 13.8 Å². The summed E-state index contributed by atoms with van der Waals surface area (Å²) in [5, 5.41) is 12.3. The summed E-state index contributed by atoms with van der Waals surface area (Å²) >= 11 is 0. The van der Waals surface area contributed by atoms with E-state index in [4.69, 9.17) is 5.53 Å². The van der Waals surface area contributed by atoms with Gasteiger partial charge in [0, 0.05) is 4.97 Å². The highest BCUT2D eigenvalue weighted by Gasteiger charge is 2.29. The molecule has 1 heterocycles. The molecule has 1 aliphatic heterocycles. The number of rotatable bonds is 1. The second kappa shape index (κ2) is 3.07. The minimum Gasteiger partial charge on any atom is -0.572 e. The third-order valence-electron chi connectivity index (χ3n) is 2.36. The van der Waals surface area contributed by atoms with E-state index < -0.39 is 0 Å². The highest BCUT2D eigenvalue weighted by atomic mass is 16.5. The molecule has 0 aliphatic carbocycles. The lowest BCUT2D eigenvalue weighted by Crippen LogP contribution is -2.47. The standard InChI is InChI=1S/C7H15N3O/c1-6-4-3-5-7(2)9(6)10(8)11/h6-8H,3-5H2,1-2H3/t6-,7+. The van der Waals surface area contributed by atoms with Crippen LogP contribution < -0.4 is 0 Å². The van der Waals surface area contributed by atoms with Crippen LogP contribution in [0.1, 0.15) is 33.1 Å². The Hall–Kier alpha value is -0.800. The van der Waals surface area contributed by atoms with Crippen molar-refractivity contribution in [2.75, 3.05) is 0 Å². The maximum absolute atomic E-state index is 10.7. The molecule has 4 heteroatoms. The lowest BCUT2D eigenvalue weighted by Gasteiger charge is -2.33. The van der Waals surface area contributed by atoms with E-state index in [1.165, 1.54) is 6.42 Å². The van der Waals surface area contributed by atoms with Crippen LogP contribution in [0.25, 0.3) is 0 Å². The average Bonchev–Trinajstić information content (AvgIpc) is 1.85. The topological polar surface area (TPSA) is 53.2 Å². The molecule has 0 aromatic heterocycles. The molecule has 1 N–H and O–H groups in total. The van der Waals surface area contributed by atoms with Gasteiger partial charge in [0.25, 0.3) is 0 Å². The molecule has 1 fully saturated rings. The minimum atomic E-state index is 0.230. The molecule has 0 aromatic carbocycles. The van der Waals surface area contributed by atoms with Crippen molar-refractivity contribution >= 4 is 0 Å². The Balaban J connectivity index is 2.62. The van der Waals surface area contributed by atoms with Gasteiger partial charge in [-0.3, -0.25) is 0 Å². The summed E-state index contributed by atoms with van der Waals surface area (Å²) in [5.74, 6) is 0. The summed E-state index contributed by atoms with van der Waals surface area (Å²) in [4.78, 5) is 0.231. The second-order valence-corrected chi connectivity index (χ2v) is 3.28. The van der Waals surface area contributed by atoms with Crippen molar-refractivity contribution in [2.45, 2.75) is 45.2 Å². The normalized spacial score (nSPS) is 32.0. The molecule has 0 amide bonds. The molecule has 11 heavy (non-hydrogen) atoms. The summed E-state index contributed by atoms with van der Waals surface area (Å²) in [5.41, 5.74) is 6.94. The van der Waals surface area contributed by atoms with Crippen molar-refractivity contribution in [3.63, 3.8) is 0 Å². The van der Waals surface area contributed by atoms with Gasteiger partial charge in [-0.1, -0.05) is 0 Å². The third kappa shape index (κ3) is 1.61. The summed E-state index contributed by atoms with van der Waals surface area (Å²) in [6.07, 6.45) is 3.23. The Morgan fingerprint density at radius 2 is 1.82 bits per heavy atom. The van der Waals surface area contributed by atoms with Crippen molar-refractivity contribution in [1.29, 1.82) is 5.53 Å². The summed E-state index contributed by atoms with van der Waals surface area (Å²) in [6.45, 7) is 3.99. The SMILES string of the molecule is C[C@@H]1CCC[C@H](C)N1[N+](=N)[O-]. The molecule has 0 spiro atoms. The number of hydrogen-bond donors (Lipinski definition) is 1. The molecule has 1 saturated heterocycles. The zero-order chi connectivity index (χ0) is 8.43. The molecule has 0 bridgehead atoms.